The molecular formula is C12H15Cl2N5. The fourth-order valence-corrected chi connectivity index (χ4v) is 2.37. The van der Waals surface area contributed by atoms with Crippen LogP contribution in [0.25, 0.3) is 0 Å². The maximum Gasteiger partial charge on any atom is 0.168 e. The fraction of sp³-hybridized carbons (Fsp3) is 0.417. The molecule has 1 fully saturated rings. The van der Waals surface area contributed by atoms with Gasteiger partial charge in [0.1, 0.15) is 0 Å². The van der Waals surface area contributed by atoms with Crippen molar-refractivity contribution >= 4 is 24.0 Å². The first kappa shape index (κ1) is 14.2. The normalized spacial score (nSPS) is 18.3. The zero-order chi connectivity index (χ0) is 12.4. The van der Waals surface area contributed by atoms with Crippen LogP contribution < -0.4 is 5.32 Å². The Kier molecular flexibility index (Phi) is 4.74. The first-order valence-corrected chi connectivity index (χ1v) is 6.44. The van der Waals surface area contributed by atoms with E-state index in [0.29, 0.717) is 6.54 Å². The zero-order valence-electron chi connectivity index (χ0n) is 10.3. The van der Waals surface area contributed by atoms with E-state index in [-0.39, 0.29) is 18.4 Å². The number of hydrogen-bond acceptors (Lipinski definition) is 4. The second-order valence-electron chi connectivity index (χ2n) is 4.47. The predicted octanol–water partition coefficient (Wildman–Crippen LogP) is 2.22. The minimum absolute atomic E-state index is 0. The van der Waals surface area contributed by atoms with Gasteiger partial charge in [-0.2, -0.15) is 0 Å². The molecule has 0 unspecified atom stereocenters. The molecule has 1 atom stereocenters. The molecular weight excluding hydrogens is 285 g/mol. The van der Waals surface area contributed by atoms with Crippen molar-refractivity contribution in [3.8, 4) is 0 Å². The van der Waals surface area contributed by atoms with Gasteiger partial charge in [0.25, 0.3) is 0 Å². The minimum Gasteiger partial charge on any atom is -0.307 e. The number of aromatic nitrogens is 4. The summed E-state index contributed by atoms with van der Waals surface area (Å²) in [5.74, 6) is 0.919. The second-order valence-corrected chi connectivity index (χ2v) is 4.91. The van der Waals surface area contributed by atoms with Gasteiger partial charge in [0.15, 0.2) is 5.82 Å². The van der Waals surface area contributed by atoms with Crippen LogP contribution in [0.5, 0.6) is 0 Å². The third-order valence-electron chi connectivity index (χ3n) is 3.18. The molecule has 5 nitrogen and oxygen atoms in total. The Hall–Kier alpha value is -1.17. The lowest BCUT2D eigenvalue weighted by atomic mass is 10.2. The first-order valence-electron chi connectivity index (χ1n) is 6.07. The summed E-state index contributed by atoms with van der Waals surface area (Å²) >= 11 is 5.87. The van der Waals surface area contributed by atoms with E-state index in [1.165, 1.54) is 6.42 Å². The van der Waals surface area contributed by atoms with Crippen molar-refractivity contribution < 1.29 is 0 Å². The van der Waals surface area contributed by atoms with Crippen LogP contribution in [-0.4, -0.2) is 26.8 Å². The van der Waals surface area contributed by atoms with Gasteiger partial charge in [-0.3, -0.25) is 0 Å². The molecule has 102 valence electrons. The van der Waals surface area contributed by atoms with E-state index < -0.39 is 0 Å². The average Bonchev–Trinajstić information content (AvgIpc) is 3.02. The molecule has 1 N–H and O–H groups in total. The summed E-state index contributed by atoms with van der Waals surface area (Å²) in [5.41, 5.74) is 1.14. The highest BCUT2D eigenvalue weighted by atomic mass is 35.5. The van der Waals surface area contributed by atoms with E-state index in [0.717, 1.165) is 29.4 Å². The maximum absolute atomic E-state index is 5.87. The molecule has 1 aliphatic heterocycles. The molecule has 1 aromatic heterocycles. The van der Waals surface area contributed by atoms with E-state index in [2.05, 4.69) is 20.8 Å². The monoisotopic (exact) mass is 299 g/mol. The first-order chi connectivity index (χ1) is 8.83. The summed E-state index contributed by atoms with van der Waals surface area (Å²) in [6.07, 6.45) is 2.28. The summed E-state index contributed by atoms with van der Waals surface area (Å²) < 4.78 is 1.85. The average molecular weight is 300 g/mol. The number of hydrogen-bond donors (Lipinski definition) is 1. The van der Waals surface area contributed by atoms with Crippen molar-refractivity contribution in [3.05, 3.63) is 40.7 Å². The largest absolute Gasteiger partial charge is 0.307 e. The van der Waals surface area contributed by atoms with Crippen molar-refractivity contribution in [2.75, 3.05) is 6.54 Å². The molecule has 1 aliphatic rings. The molecule has 7 heteroatoms. The standard InChI is InChI=1S/C12H14ClN5.ClH/c13-10-5-3-9(4-6-10)8-18-12(15-16-17-18)11-2-1-7-14-11;/h3-6,11,14H,1-2,7-8H2;1H/t11-;/m1./s1. The van der Waals surface area contributed by atoms with Crippen LogP contribution in [0.4, 0.5) is 0 Å². The topological polar surface area (TPSA) is 55.6 Å². The van der Waals surface area contributed by atoms with Gasteiger partial charge < -0.3 is 5.32 Å². The Labute approximate surface area is 122 Å². The summed E-state index contributed by atoms with van der Waals surface area (Å²) in [6.45, 7) is 1.72. The van der Waals surface area contributed by atoms with Crippen LogP contribution in [0.1, 0.15) is 30.3 Å². The van der Waals surface area contributed by atoms with E-state index in [9.17, 15) is 0 Å². The Morgan fingerprint density at radius 1 is 1.32 bits per heavy atom. The SMILES string of the molecule is Cl.Clc1ccc(Cn2nnnc2[C@H]2CCCN2)cc1. The highest BCUT2D eigenvalue weighted by Crippen LogP contribution is 2.21. The van der Waals surface area contributed by atoms with Gasteiger partial charge in [0, 0.05) is 5.02 Å². The number of tetrazole rings is 1. The van der Waals surface area contributed by atoms with Crippen molar-refractivity contribution in [3.63, 3.8) is 0 Å². The number of rotatable bonds is 3. The summed E-state index contributed by atoms with van der Waals surface area (Å²) in [5, 5.41) is 16.1. The van der Waals surface area contributed by atoms with Crippen LogP contribution in [0, 0.1) is 0 Å². The molecule has 1 aromatic carbocycles. The minimum atomic E-state index is 0. The van der Waals surface area contributed by atoms with Crippen molar-refractivity contribution in [1.29, 1.82) is 0 Å². The molecule has 0 spiro atoms. The number of benzene rings is 1. The summed E-state index contributed by atoms with van der Waals surface area (Å²) in [6, 6.07) is 8.04. The van der Waals surface area contributed by atoms with E-state index in [1.807, 2.05) is 28.9 Å². The summed E-state index contributed by atoms with van der Waals surface area (Å²) in [7, 11) is 0. The molecule has 19 heavy (non-hydrogen) atoms. The van der Waals surface area contributed by atoms with Crippen molar-refractivity contribution in [2.45, 2.75) is 25.4 Å². The number of nitrogens with zero attached hydrogens (tertiary/aromatic N) is 4. The quantitative estimate of drug-likeness (QED) is 0.944. The molecule has 0 saturated carbocycles. The summed E-state index contributed by atoms with van der Waals surface area (Å²) in [4.78, 5) is 0. The third kappa shape index (κ3) is 3.23. The van der Waals surface area contributed by atoms with Gasteiger partial charge in [-0.15, -0.1) is 17.5 Å². The van der Waals surface area contributed by atoms with Crippen LogP contribution in [0.2, 0.25) is 5.02 Å². The Bertz CT molecular complexity index is 519. The van der Waals surface area contributed by atoms with Crippen LogP contribution in [-0.2, 0) is 6.54 Å². The Morgan fingerprint density at radius 2 is 2.11 bits per heavy atom. The fourth-order valence-electron chi connectivity index (χ4n) is 2.24. The maximum atomic E-state index is 5.87. The lowest BCUT2D eigenvalue weighted by Gasteiger charge is -2.10. The van der Waals surface area contributed by atoms with Crippen LogP contribution >= 0.6 is 24.0 Å². The molecule has 2 heterocycles. The van der Waals surface area contributed by atoms with E-state index >= 15 is 0 Å². The van der Waals surface area contributed by atoms with Crippen molar-refractivity contribution in [2.24, 2.45) is 0 Å². The number of nitrogens with one attached hydrogen (secondary N) is 1. The predicted molar refractivity (Wildman–Crippen MR) is 75.6 cm³/mol. The molecule has 0 bridgehead atoms. The second kappa shape index (κ2) is 6.32. The van der Waals surface area contributed by atoms with Gasteiger partial charge in [-0.25, -0.2) is 4.68 Å². The third-order valence-corrected chi connectivity index (χ3v) is 3.43. The number of halogens is 2. The van der Waals surface area contributed by atoms with Crippen LogP contribution in [0.3, 0.4) is 0 Å². The molecule has 0 radical (unpaired) electrons. The van der Waals surface area contributed by atoms with E-state index in [4.69, 9.17) is 11.6 Å². The van der Waals surface area contributed by atoms with Gasteiger partial charge in [0.05, 0.1) is 12.6 Å². The highest BCUT2D eigenvalue weighted by molar-refractivity contribution is 6.30. The Balaban J connectivity index is 0.00000133. The Morgan fingerprint density at radius 3 is 2.79 bits per heavy atom. The molecule has 1 saturated heterocycles. The molecule has 0 amide bonds. The van der Waals surface area contributed by atoms with Gasteiger partial charge in [-0.05, 0) is 47.5 Å². The lowest BCUT2D eigenvalue weighted by Crippen LogP contribution is -2.19. The van der Waals surface area contributed by atoms with Gasteiger partial charge in [0.2, 0.25) is 0 Å². The smallest absolute Gasteiger partial charge is 0.168 e. The van der Waals surface area contributed by atoms with Crippen molar-refractivity contribution in [1.82, 2.24) is 25.5 Å². The van der Waals surface area contributed by atoms with Gasteiger partial charge in [-0.1, -0.05) is 23.7 Å². The molecule has 0 aliphatic carbocycles. The van der Waals surface area contributed by atoms with E-state index in [1.54, 1.807) is 0 Å². The zero-order valence-corrected chi connectivity index (χ0v) is 11.9. The molecule has 3 rings (SSSR count). The van der Waals surface area contributed by atoms with Gasteiger partial charge >= 0.3 is 0 Å². The highest BCUT2D eigenvalue weighted by Gasteiger charge is 2.22. The molecule has 2 aromatic rings. The lowest BCUT2D eigenvalue weighted by molar-refractivity contribution is 0.535. The van der Waals surface area contributed by atoms with Crippen LogP contribution in [0.15, 0.2) is 24.3 Å².